The maximum atomic E-state index is 13.5. The highest BCUT2D eigenvalue weighted by atomic mass is 35.5. The lowest BCUT2D eigenvalue weighted by Crippen LogP contribution is -2.32. The van der Waals surface area contributed by atoms with Crippen molar-refractivity contribution in [2.75, 3.05) is 21.3 Å². The molecule has 0 aromatic heterocycles. The van der Waals surface area contributed by atoms with Crippen LogP contribution in [0.1, 0.15) is 41.5 Å². The number of anilines is 4. The van der Waals surface area contributed by atoms with E-state index in [9.17, 15) is 28.8 Å². The number of amides is 4. The Morgan fingerprint density at radius 2 is 0.953 bits per heavy atom. The zero-order valence-electron chi connectivity index (χ0n) is 33.2. The molecule has 0 saturated carbocycles. The van der Waals surface area contributed by atoms with E-state index >= 15 is 0 Å². The molecule has 0 aliphatic carbocycles. The van der Waals surface area contributed by atoms with E-state index in [2.05, 4.69) is 41.7 Å². The van der Waals surface area contributed by atoms with Gasteiger partial charge in [-0.2, -0.15) is 20.5 Å². The average molecular weight is 1010 g/mol. The number of nitrogens with zero attached hydrogens (tertiary/aromatic N) is 4. The zero-order valence-corrected chi connectivity index (χ0v) is 38.5. The molecule has 5 aromatic carbocycles. The summed E-state index contributed by atoms with van der Waals surface area (Å²) in [6.07, 6.45) is 0. The minimum Gasteiger partial charge on any atom is -0.473 e. The summed E-state index contributed by atoms with van der Waals surface area (Å²) in [5.74, 6) is -4.54. The first-order valence-electron chi connectivity index (χ1n) is 18.3. The summed E-state index contributed by atoms with van der Waals surface area (Å²) in [4.78, 5) is 78.2. The van der Waals surface area contributed by atoms with Crippen molar-refractivity contribution < 1.29 is 33.5 Å². The Balaban J connectivity index is 1.31. The van der Waals surface area contributed by atoms with Gasteiger partial charge in [-0.1, -0.05) is 93.3 Å². The summed E-state index contributed by atoms with van der Waals surface area (Å²) >= 11 is 43.5. The van der Waals surface area contributed by atoms with Gasteiger partial charge in [0.1, 0.15) is 17.1 Å². The van der Waals surface area contributed by atoms with Gasteiger partial charge in [0.05, 0.1) is 47.2 Å². The smallest absolute Gasteiger partial charge is 0.258 e. The maximum Gasteiger partial charge on any atom is 0.258 e. The molecule has 0 fully saturated rings. The topological polar surface area (TPSA) is 209 Å². The predicted octanol–water partition coefficient (Wildman–Crippen LogP) is 12.4. The molecule has 15 nitrogen and oxygen atoms in total. The third kappa shape index (κ3) is 13.0. The van der Waals surface area contributed by atoms with Crippen molar-refractivity contribution in [2.45, 2.75) is 38.4 Å². The highest BCUT2D eigenvalue weighted by molar-refractivity contribution is 6.41. The summed E-state index contributed by atoms with van der Waals surface area (Å²) < 4.78 is 5.67. The molecule has 3 unspecified atom stereocenters. The summed E-state index contributed by atoms with van der Waals surface area (Å²) in [7, 11) is 0. The van der Waals surface area contributed by atoms with E-state index < -0.39 is 52.8 Å². The molecule has 0 heterocycles. The third-order valence-electron chi connectivity index (χ3n) is 8.44. The molecule has 5 rings (SSSR count). The molecule has 0 spiro atoms. The number of nitrogens with one attached hydrogen (secondary N) is 4. The highest BCUT2D eigenvalue weighted by Crippen LogP contribution is 2.35. The number of ketones is 2. The molecule has 4 amide bonds. The van der Waals surface area contributed by atoms with Gasteiger partial charge in [0.15, 0.2) is 17.1 Å². The average Bonchev–Trinajstić information content (AvgIpc) is 3.22. The van der Waals surface area contributed by atoms with Crippen molar-refractivity contribution in [1.29, 1.82) is 0 Å². The molecule has 0 aliphatic rings. The molecular weight excluding hydrogens is 977 g/mol. The Bertz CT molecular complexity index is 2690. The SMILES string of the molecule is CC(=O)C(N=Nc1cc(C(=O)Nc2c(Cl)cccc2Cl)ccc1Cl)C(=O)Nc1ccc(NC(=O)C(N=Nc2cc(C(=O)Nc3c(Cl)cccc3Cl)ccc2Cl)C(C)=O)c(OC(C)Cl)c1. The van der Waals surface area contributed by atoms with E-state index in [4.69, 9.17) is 85.9 Å². The van der Waals surface area contributed by atoms with Crippen LogP contribution in [0.5, 0.6) is 5.75 Å². The van der Waals surface area contributed by atoms with Gasteiger partial charge in [0.2, 0.25) is 12.1 Å². The van der Waals surface area contributed by atoms with E-state index in [0.29, 0.717) is 0 Å². The largest absolute Gasteiger partial charge is 0.473 e. The van der Waals surface area contributed by atoms with Crippen molar-refractivity contribution in [1.82, 2.24) is 0 Å². The Morgan fingerprint density at radius 3 is 1.36 bits per heavy atom. The Labute approximate surface area is 399 Å². The molecular formula is C42H31Cl7N8O7. The molecule has 4 N–H and O–H groups in total. The molecule has 330 valence electrons. The van der Waals surface area contributed by atoms with Crippen LogP contribution in [0, 0.1) is 0 Å². The molecule has 0 saturated heterocycles. The van der Waals surface area contributed by atoms with Gasteiger partial charge in [0.25, 0.3) is 23.6 Å². The lowest BCUT2D eigenvalue weighted by Gasteiger charge is -2.17. The highest BCUT2D eigenvalue weighted by Gasteiger charge is 2.27. The first-order valence-corrected chi connectivity index (χ1v) is 21.0. The number of ether oxygens (including phenoxy) is 1. The van der Waals surface area contributed by atoms with Crippen molar-refractivity contribution >= 4 is 151 Å². The van der Waals surface area contributed by atoms with E-state index in [1.165, 1.54) is 61.5 Å². The molecule has 22 heteroatoms. The second-order valence-electron chi connectivity index (χ2n) is 13.2. The minimum absolute atomic E-state index is 0.00468. The summed E-state index contributed by atoms with van der Waals surface area (Å²) in [5.41, 5.74) is -0.426. The summed E-state index contributed by atoms with van der Waals surface area (Å²) in [5, 5.41) is 27.1. The van der Waals surface area contributed by atoms with Crippen LogP contribution >= 0.6 is 81.2 Å². The Morgan fingerprint density at radius 1 is 0.531 bits per heavy atom. The van der Waals surface area contributed by atoms with Crippen LogP contribution in [0.3, 0.4) is 0 Å². The van der Waals surface area contributed by atoms with Crippen LogP contribution in [0.25, 0.3) is 0 Å². The molecule has 5 aromatic rings. The fraction of sp³-hybridized carbons (Fsp3) is 0.143. The first-order chi connectivity index (χ1) is 30.3. The normalized spacial score (nSPS) is 12.6. The van der Waals surface area contributed by atoms with E-state index in [-0.39, 0.29) is 81.1 Å². The van der Waals surface area contributed by atoms with Gasteiger partial charge in [-0.25, -0.2) is 0 Å². The lowest BCUT2D eigenvalue weighted by atomic mass is 10.1. The van der Waals surface area contributed by atoms with Crippen LogP contribution in [-0.4, -0.2) is 52.8 Å². The molecule has 64 heavy (non-hydrogen) atoms. The molecule has 0 aliphatic heterocycles. The molecule has 0 bridgehead atoms. The lowest BCUT2D eigenvalue weighted by molar-refractivity contribution is -0.127. The standard InChI is InChI=1S/C42H31Cl7N8O7/c1-19(58)35(56-54-32-16-22(10-13-25(32)44)39(60)52-37-27(46)6-4-7-28(37)47)41(62)50-24-12-15-31(34(18-24)64-21(3)43)51-42(63)36(20(2)59)57-55-33-17-23(11-14-26(33)45)40(61)53-38-29(48)8-5-9-30(38)49/h4-18,21,35-36H,1-3H3,(H,50,62)(H,51,63)(H,52,60)(H,53,61). The number of rotatable bonds is 16. The van der Waals surface area contributed by atoms with E-state index in [1.807, 2.05) is 0 Å². The van der Waals surface area contributed by atoms with Crippen LogP contribution in [0.2, 0.25) is 30.1 Å². The summed E-state index contributed by atoms with van der Waals surface area (Å²) in [6, 6.07) is 18.1. The fourth-order valence-electron chi connectivity index (χ4n) is 5.33. The fourth-order valence-corrected chi connectivity index (χ4v) is 6.72. The number of alkyl halides is 1. The third-order valence-corrected chi connectivity index (χ3v) is 10.4. The molecule has 3 atom stereocenters. The Hall–Kier alpha value is -5.65. The van der Waals surface area contributed by atoms with Crippen LogP contribution < -0.4 is 26.0 Å². The number of hydrogen-bond donors (Lipinski definition) is 4. The van der Waals surface area contributed by atoms with Gasteiger partial charge in [-0.15, -0.1) is 0 Å². The number of para-hydroxylation sites is 2. The zero-order chi connectivity index (χ0) is 46.8. The van der Waals surface area contributed by atoms with Crippen molar-refractivity contribution in [3.05, 3.63) is 132 Å². The van der Waals surface area contributed by atoms with Crippen LogP contribution in [0.15, 0.2) is 111 Å². The van der Waals surface area contributed by atoms with Gasteiger partial charge in [-0.3, -0.25) is 28.8 Å². The van der Waals surface area contributed by atoms with Crippen molar-refractivity contribution in [3.63, 3.8) is 0 Å². The quantitative estimate of drug-likeness (QED) is 0.0426. The summed E-state index contributed by atoms with van der Waals surface area (Å²) in [6.45, 7) is 3.71. The van der Waals surface area contributed by atoms with Crippen LogP contribution in [0.4, 0.5) is 34.1 Å². The second kappa shape index (κ2) is 22.3. The second-order valence-corrected chi connectivity index (χ2v) is 16.3. The minimum atomic E-state index is -1.71. The number of Topliss-reactive ketones (excluding diaryl/α,β-unsaturated/α-hetero) is 2. The van der Waals surface area contributed by atoms with Gasteiger partial charge in [0, 0.05) is 22.9 Å². The van der Waals surface area contributed by atoms with Gasteiger partial charge >= 0.3 is 0 Å². The Kier molecular flexibility index (Phi) is 17.2. The van der Waals surface area contributed by atoms with Crippen molar-refractivity contribution in [3.8, 4) is 5.75 Å². The maximum absolute atomic E-state index is 13.5. The monoisotopic (exact) mass is 1000 g/mol. The van der Waals surface area contributed by atoms with Gasteiger partial charge < -0.3 is 26.0 Å². The van der Waals surface area contributed by atoms with E-state index in [0.717, 1.165) is 13.8 Å². The van der Waals surface area contributed by atoms with E-state index in [1.54, 1.807) is 36.4 Å². The number of carbonyl (C=O) groups excluding carboxylic acids is 6. The number of hydrogen-bond acceptors (Lipinski definition) is 11. The van der Waals surface area contributed by atoms with Crippen LogP contribution in [-0.2, 0) is 19.2 Å². The van der Waals surface area contributed by atoms with Gasteiger partial charge in [-0.05, 0) is 93.6 Å². The number of benzene rings is 5. The van der Waals surface area contributed by atoms with Crippen molar-refractivity contribution in [2.24, 2.45) is 20.5 Å². The number of halogens is 7. The molecule has 0 radical (unpaired) electrons. The first kappa shape index (κ1) is 49.4. The number of carbonyl (C=O) groups is 6. The predicted molar refractivity (Wildman–Crippen MR) is 249 cm³/mol. The number of azo groups is 2.